The van der Waals surface area contributed by atoms with Gasteiger partial charge in [-0.25, -0.2) is 0 Å². The van der Waals surface area contributed by atoms with Crippen LogP contribution in [0.25, 0.3) is 0 Å². The fraction of sp³-hybridized carbons (Fsp3) is 0.478. The van der Waals surface area contributed by atoms with Crippen LogP contribution in [0.5, 0.6) is 0 Å². The average molecular weight is 379 g/mol. The number of carbonyl (C=O) groups is 1. The number of hydrogen-bond acceptors (Lipinski definition) is 4. The highest BCUT2D eigenvalue weighted by Crippen LogP contribution is 2.23. The molecule has 5 nitrogen and oxygen atoms in total. The van der Waals surface area contributed by atoms with Crippen molar-refractivity contribution in [2.24, 2.45) is 0 Å². The summed E-state index contributed by atoms with van der Waals surface area (Å²) in [7, 11) is 0. The van der Waals surface area contributed by atoms with Gasteiger partial charge < -0.3 is 10.2 Å². The van der Waals surface area contributed by atoms with E-state index in [9.17, 15) is 4.79 Å². The molecule has 5 heteroatoms. The molecular weight excluding hydrogens is 348 g/mol. The lowest BCUT2D eigenvalue weighted by atomic mass is 9.91. The average Bonchev–Trinajstić information content (AvgIpc) is 2.76. The normalized spacial score (nSPS) is 20.9. The molecule has 0 bridgehead atoms. The number of carbonyl (C=O) groups excluding carboxylic acids is 1. The van der Waals surface area contributed by atoms with E-state index in [-0.39, 0.29) is 5.91 Å². The molecule has 2 aromatic rings. The minimum Gasteiger partial charge on any atom is -0.336 e. The number of hydrogen-bond donors (Lipinski definition) is 1. The molecule has 4 rings (SSSR count). The van der Waals surface area contributed by atoms with Crippen LogP contribution < -0.4 is 5.32 Å². The van der Waals surface area contributed by atoms with Gasteiger partial charge in [-0.1, -0.05) is 18.2 Å². The van der Waals surface area contributed by atoms with Gasteiger partial charge in [0.1, 0.15) is 0 Å². The van der Waals surface area contributed by atoms with E-state index >= 15 is 0 Å². The number of amides is 1. The summed E-state index contributed by atoms with van der Waals surface area (Å²) in [4.78, 5) is 21.8. The summed E-state index contributed by atoms with van der Waals surface area (Å²) in [6.07, 6.45) is 4.32. The van der Waals surface area contributed by atoms with Crippen molar-refractivity contribution in [3.63, 3.8) is 0 Å². The van der Waals surface area contributed by atoms with Crippen molar-refractivity contribution < 1.29 is 4.79 Å². The Bertz CT molecular complexity index is 791. The van der Waals surface area contributed by atoms with E-state index in [0.717, 1.165) is 57.1 Å². The van der Waals surface area contributed by atoms with Gasteiger partial charge in [-0.3, -0.25) is 14.7 Å². The van der Waals surface area contributed by atoms with Crippen molar-refractivity contribution >= 4 is 5.91 Å². The second kappa shape index (κ2) is 8.84. The second-order valence-electron chi connectivity index (χ2n) is 8.00. The first-order chi connectivity index (χ1) is 13.7. The lowest BCUT2D eigenvalue weighted by Crippen LogP contribution is -2.48. The Kier molecular flexibility index (Phi) is 6.03. The van der Waals surface area contributed by atoms with Crippen LogP contribution in [0, 0.1) is 6.92 Å². The molecular formula is C23H30N4O. The number of nitrogens with zero attached hydrogens (tertiary/aromatic N) is 3. The molecule has 0 radical (unpaired) electrons. The highest BCUT2D eigenvalue weighted by Gasteiger charge is 2.23. The van der Waals surface area contributed by atoms with E-state index in [1.54, 1.807) is 0 Å². The first kappa shape index (κ1) is 19.1. The fourth-order valence-electron chi connectivity index (χ4n) is 4.22. The van der Waals surface area contributed by atoms with Crippen LogP contribution in [0.2, 0.25) is 0 Å². The smallest absolute Gasteiger partial charge is 0.253 e. The Morgan fingerprint density at radius 3 is 2.61 bits per heavy atom. The standard InChI is InChI=1S/C23H30N4O/c1-18-4-2-11-25-22(18)17-26-12-14-27(15-13-26)23(28)20-8-6-19(7-9-20)21-5-3-10-24-16-21/h2,4,6-9,11,21,24H,3,5,10,12-17H2,1H3/t21-/m1/s1. The quantitative estimate of drug-likeness (QED) is 0.889. The third-order valence-corrected chi connectivity index (χ3v) is 6.08. The van der Waals surface area contributed by atoms with Crippen molar-refractivity contribution in [3.05, 3.63) is 65.0 Å². The van der Waals surface area contributed by atoms with Gasteiger partial charge in [0.15, 0.2) is 0 Å². The monoisotopic (exact) mass is 378 g/mol. The van der Waals surface area contributed by atoms with Crippen LogP contribution in [0.15, 0.2) is 42.6 Å². The van der Waals surface area contributed by atoms with Crippen LogP contribution in [0.3, 0.4) is 0 Å². The van der Waals surface area contributed by atoms with Crippen molar-refractivity contribution in [2.45, 2.75) is 32.2 Å². The number of benzene rings is 1. The maximum atomic E-state index is 12.9. The molecule has 1 amide bonds. The Labute approximate surface area is 167 Å². The Morgan fingerprint density at radius 2 is 1.93 bits per heavy atom. The minimum atomic E-state index is 0.155. The minimum absolute atomic E-state index is 0.155. The highest BCUT2D eigenvalue weighted by atomic mass is 16.2. The van der Waals surface area contributed by atoms with E-state index in [0.29, 0.717) is 5.92 Å². The van der Waals surface area contributed by atoms with E-state index in [1.165, 1.54) is 24.0 Å². The predicted molar refractivity (Wildman–Crippen MR) is 111 cm³/mol. The zero-order valence-electron chi connectivity index (χ0n) is 16.7. The first-order valence-electron chi connectivity index (χ1n) is 10.4. The molecule has 2 fully saturated rings. The molecule has 1 aromatic carbocycles. The summed E-state index contributed by atoms with van der Waals surface area (Å²) in [6, 6.07) is 12.4. The van der Waals surface area contributed by atoms with Crippen molar-refractivity contribution in [2.75, 3.05) is 39.3 Å². The lowest BCUT2D eigenvalue weighted by molar-refractivity contribution is 0.0626. The molecule has 1 N–H and O–H groups in total. The number of aromatic nitrogens is 1. The summed E-state index contributed by atoms with van der Waals surface area (Å²) in [5.41, 5.74) is 4.52. The molecule has 148 valence electrons. The molecule has 0 spiro atoms. The highest BCUT2D eigenvalue weighted by molar-refractivity contribution is 5.94. The van der Waals surface area contributed by atoms with Gasteiger partial charge in [0.2, 0.25) is 0 Å². The molecule has 0 aliphatic carbocycles. The number of nitrogens with one attached hydrogen (secondary N) is 1. The van der Waals surface area contributed by atoms with Gasteiger partial charge in [-0.05, 0) is 61.6 Å². The number of piperidine rings is 1. The third kappa shape index (κ3) is 4.42. The van der Waals surface area contributed by atoms with Gasteiger partial charge in [-0.15, -0.1) is 0 Å². The molecule has 1 aromatic heterocycles. The number of rotatable bonds is 4. The molecule has 0 saturated carbocycles. The second-order valence-corrected chi connectivity index (χ2v) is 8.00. The fourth-order valence-corrected chi connectivity index (χ4v) is 4.22. The summed E-state index contributed by atoms with van der Waals surface area (Å²) < 4.78 is 0. The van der Waals surface area contributed by atoms with Crippen molar-refractivity contribution in [3.8, 4) is 0 Å². The van der Waals surface area contributed by atoms with Gasteiger partial charge in [-0.2, -0.15) is 0 Å². The summed E-state index contributed by atoms with van der Waals surface area (Å²) in [5, 5.41) is 3.46. The number of pyridine rings is 1. The molecule has 2 aliphatic rings. The molecule has 3 heterocycles. The van der Waals surface area contributed by atoms with Crippen LogP contribution in [0.1, 0.15) is 45.9 Å². The topological polar surface area (TPSA) is 48.5 Å². The van der Waals surface area contributed by atoms with Crippen LogP contribution >= 0.6 is 0 Å². The first-order valence-corrected chi connectivity index (χ1v) is 10.4. The lowest BCUT2D eigenvalue weighted by Gasteiger charge is -2.34. The van der Waals surface area contributed by atoms with Gasteiger partial charge >= 0.3 is 0 Å². The van der Waals surface area contributed by atoms with Crippen LogP contribution in [0.4, 0.5) is 0 Å². The maximum Gasteiger partial charge on any atom is 0.253 e. The van der Waals surface area contributed by atoms with E-state index in [1.807, 2.05) is 29.3 Å². The zero-order valence-corrected chi connectivity index (χ0v) is 16.7. The summed E-state index contributed by atoms with van der Waals surface area (Å²) >= 11 is 0. The van der Waals surface area contributed by atoms with Crippen LogP contribution in [-0.4, -0.2) is 60.0 Å². The molecule has 2 aliphatic heterocycles. The van der Waals surface area contributed by atoms with Gasteiger partial charge in [0.05, 0.1) is 5.69 Å². The van der Waals surface area contributed by atoms with E-state index in [2.05, 4.69) is 40.3 Å². The SMILES string of the molecule is Cc1cccnc1CN1CCN(C(=O)c2ccc([C@@H]3CCCNC3)cc2)CC1. The van der Waals surface area contributed by atoms with E-state index in [4.69, 9.17) is 0 Å². The van der Waals surface area contributed by atoms with Gasteiger partial charge in [0, 0.05) is 51.0 Å². The van der Waals surface area contributed by atoms with Crippen molar-refractivity contribution in [1.82, 2.24) is 20.1 Å². The maximum absolute atomic E-state index is 12.9. The zero-order chi connectivity index (χ0) is 19.3. The Balaban J connectivity index is 1.31. The number of aryl methyl sites for hydroxylation is 1. The predicted octanol–water partition coefficient (Wildman–Crippen LogP) is 2.82. The van der Waals surface area contributed by atoms with Crippen molar-refractivity contribution in [1.29, 1.82) is 0 Å². The van der Waals surface area contributed by atoms with Crippen LogP contribution in [-0.2, 0) is 6.54 Å². The molecule has 1 atom stereocenters. The largest absolute Gasteiger partial charge is 0.336 e. The van der Waals surface area contributed by atoms with E-state index < -0.39 is 0 Å². The summed E-state index contributed by atoms with van der Waals surface area (Å²) in [5.74, 6) is 0.735. The Hall–Kier alpha value is -2.24. The number of piperazine rings is 1. The van der Waals surface area contributed by atoms with Gasteiger partial charge in [0.25, 0.3) is 5.91 Å². The molecule has 28 heavy (non-hydrogen) atoms. The molecule has 0 unspecified atom stereocenters. The third-order valence-electron chi connectivity index (χ3n) is 6.08. The molecule has 2 saturated heterocycles. The summed E-state index contributed by atoms with van der Waals surface area (Å²) in [6.45, 7) is 8.48. The Morgan fingerprint density at radius 1 is 1.14 bits per heavy atom.